The molecule has 1 unspecified atom stereocenters. The van der Waals surface area contributed by atoms with Crippen LogP contribution in [0, 0.1) is 12.7 Å². The lowest BCUT2D eigenvalue weighted by Gasteiger charge is -2.09. The van der Waals surface area contributed by atoms with Crippen LogP contribution in [-0.2, 0) is 0 Å². The summed E-state index contributed by atoms with van der Waals surface area (Å²) in [7, 11) is 0. The summed E-state index contributed by atoms with van der Waals surface area (Å²) in [4.78, 5) is 0.689. The van der Waals surface area contributed by atoms with E-state index in [4.69, 9.17) is 23.2 Å². The van der Waals surface area contributed by atoms with Gasteiger partial charge in [0, 0.05) is 4.88 Å². The smallest absolute Gasteiger partial charge is 0.142 e. The van der Waals surface area contributed by atoms with Gasteiger partial charge in [-0.2, -0.15) is 0 Å². The first-order valence-electron chi connectivity index (χ1n) is 4.88. The van der Waals surface area contributed by atoms with Gasteiger partial charge in [0.1, 0.15) is 11.9 Å². The molecule has 0 aliphatic carbocycles. The number of aliphatic hydroxyl groups excluding tert-OH is 1. The highest BCUT2D eigenvalue weighted by molar-refractivity contribution is 7.16. The summed E-state index contributed by atoms with van der Waals surface area (Å²) in [6, 6.07) is 6.05. The Balaban J connectivity index is 2.36. The van der Waals surface area contributed by atoms with Gasteiger partial charge in [0.15, 0.2) is 0 Å². The molecule has 2 aromatic rings. The molecule has 1 aromatic heterocycles. The minimum atomic E-state index is -0.877. The Kier molecular flexibility index (Phi) is 3.73. The molecule has 90 valence electrons. The Morgan fingerprint density at radius 3 is 2.53 bits per heavy atom. The Hall–Kier alpha value is -0.610. The van der Waals surface area contributed by atoms with Crippen LogP contribution in [0.5, 0.6) is 0 Å². The van der Waals surface area contributed by atoms with E-state index < -0.39 is 11.9 Å². The normalized spacial score (nSPS) is 12.8. The third-order valence-electron chi connectivity index (χ3n) is 2.41. The molecule has 1 N–H and O–H groups in total. The van der Waals surface area contributed by atoms with Crippen molar-refractivity contribution in [1.29, 1.82) is 0 Å². The van der Waals surface area contributed by atoms with Crippen molar-refractivity contribution in [3.05, 3.63) is 55.4 Å². The number of halogens is 3. The summed E-state index contributed by atoms with van der Waals surface area (Å²) in [5.41, 5.74) is 1.37. The highest BCUT2D eigenvalue weighted by Crippen LogP contribution is 2.34. The van der Waals surface area contributed by atoms with Crippen molar-refractivity contribution in [3.8, 4) is 0 Å². The van der Waals surface area contributed by atoms with Gasteiger partial charge >= 0.3 is 0 Å². The molecule has 2 rings (SSSR count). The van der Waals surface area contributed by atoms with E-state index in [0.717, 1.165) is 5.56 Å². The van der Waals surface area contributed by atoms with Crippen molar-refractivity contribution < 1.29 is 9.50 Å². The number of hydrogen-bond donors (Lipinski definition) is 1. The largest absolute Gasteiger partial charge is 0.383 e. The van der Waals surface area contributed by atoms with Crippen LogP contribution in [0.3, 0.4) is 0 Å². The van der Waals surface area contributed by atoms with Crippen molar-refractivity contribution in [2.45, 2.75) is 13.0 Å². The second kappa shape index (κ2) is 4.94. The molecular formula is C12H9Cl2FOS. The van der Waals surface area contributed by atoms with Crippen LogP contribution in [0.25, 0.3) is 0 Å². The van der Waals surface area contributed by atoms with Crippen molar-refractivity contribution in [3.63, 3.8) is 0 Å². The molecule has 1 nitrogen and oxygen atoms in total. The van der Waals surface area contributed by atoms with Crippen LogP contribution < -0.4 is 0 Å². The minimum absolute atomic E-state index is 0.0429. The van der Waals surface area contributed by atoms with E-state index in [1.54, 1.807) is 12.1 Å². The van der Waals surface area contributed by atoms with E-state index in [1.807, 2.05) is 6.92 Å². The molecule has 0 bridgehead atoms. The zero-order valence-corrected chi connectivity index (χ0v) is 11.2. The molecule has 1 heterocycles. The molecule has 0 spiro atoms. The van der Waals surface area contributed by atoms with Crippen LogP contribution in [-0.4, -0.2) is 5.11 Å². The summed E-state index contributed by atoms with van der Waals surface area (Å²) in [6.45, 7) is 1.86. The van der Waals surface area contributed by atoms with Gasteiger partial charge in [-0.25, -0.2) is 4.39 Å². The molecule has 1 aromatic carbocycles. The van der Waals surface area contributed by atoms with Crippen LogP contribution in [0.2, 0.25) is 9.36 Å². The van der Waals surface area contributed by atoms with Crippen LogP contribution in [0.4, 0.5) is 4.39 Å². The van der Waals surface area contributed by atoms with Crippen LogP contribution in [0.15, 0.2) is 24.3 Å². The van der Waals surface area contributed by atoms with Gasteiger partial charge in [-0.15, -0.1) is 11.3 Å². The Morgan fingerprint density at radius 1 is 1.29 bits per heavy atom. The van der Waals surface area contributed by atoms with Crippen LogP contribution in [0.1, 0.15) is 22.1 Å². The standard InChI is InChI=1S/C12H9Cl2FOS/c1-6-4-10(17-12(6)14)11(16)7-2-3-8(13)9(15)5-7/h2-5,11,16H,1H3. The van der Waals surface area contributed by atoms with Gasteiger partial charge in [-0.3, -0.25) is 0 Å². The lowest BCUT2D eigenvalue weighted by molar-refractivity contribution is 0.223. The topological polar surface area (TPSA) is 20.2 Å². The Morgan fingerprint density at radius 2 is 2.00 bits per heavy atom. The van der Waals surface area contributed by atoms with Crippen LogP contribution >= 0.6 is 34.5 Å². The maximum absolute atomic E-state index is 13.3. The maximum Gasteiger partial charge on any atom is 0.142 e. The molecule has 0 aliphatic rings. The number of benzene rings is 1. The SMILES string of the molecule is Cc1cc(C(O)c2ccc(Cl)c(F)c2)sc1Cl. The van der Waals surface area contributed by atoms with Crippen molar-refractivity contribution in [2.75, 3.05) is 0 Å². The molecule has 1 atom stereocenters. The summed E-state index contributed by atoms with van der Waals surface area (Å²) in [5, 5.41) is 10.1. The predicted molar refractivity (Wildman–Crippen MR) is 69.5 cm³/mol. The third-order valence-corrected chi connectivity index (χ3v) is 4.32. The molecule has 0 aliphatic heterocycles. The van der Waals surface area contributed by atoms with Crippen molar-refractivity contribution >= 4 is 34.5 Å². The molecule has 0 saturated heterocycles. The van der Waals surface area contributed by atoms with E-state index in [0.29, 0.717) is 14.8 Å². The first-order valence-corrected chi connectivity index (χ1v) is 6.45. The maximum atomic E-state index is 13.3. The average Bonchev–Trinajstić information content (AvgIpc) is 2.62. The second-order valence-corrected chi connectivity index (χ2v) is 5.77. The predicted octanol–water partition coefficient (Wildman–Crippen LogP) is 4.58. The molecule has 5 heteroatoms. The number of aryl methyl sites for hydroxylation is 1. The minimum Gasteiger partial charge on any atom is -0.383 e. The quantitative estimate of drug-likeness (QED) is 0.858. The zero-order valence-electron chi connectivity index (χ0n) is 8.88. The van der Waals surface area contributed by atoms with E-state index in [9.17, 15) is 9.50 Å². The molecule has 0 amide bonds. The van der Waals surface area contributed by atoms with E-state index in [2.05, 4.69) is 0 Å². The highest BCUT2D eigenvalue weighted by Gasteiger charge is 2.16. The van der Waals surface area contributed by atoms with Crippen molar-refractivity contribution in [1.82, 2.24) is 0 Å². The number of thiophene rings is 1. The van der Waals surface area contributed by atoms with Gasteiger partial charge in [0.05, 0.1) is 9.36 Å². The monoisotopic (exact) mass is 290 g/mol. The van der Waals surface area contributed by atoms with Gasteiger partial charge in [0.25, 0.3) is 0 Å². The Bertz CT molecular complexity index is 534. The summed E-state index contributed by atoms with van der Waals surface area (Å²) in [5.74, 6) is -0.539. The Labute approximate surface area is 112 Å². The number of hydrogen-bond acceptors (Lipinski definition) is 2. The number of aliphatic hydroxyl groups is 1. The molecule has 0 saturated carbocycles. The molecule has 0 radical (unpaired) electrons. The second-order valence-electron chi connectivity index (χ2n) is 3.68. The van der Waals surface area contributed by atoms with Gasteiger partial charge < -0.3 is 5.11 Å². The first kappa shape index (κ1) is 12.8. The fourth-order valence-electron chi connectivity index (χ4n) is 1.47. The third kappa shape index (κ3) is 2.63. The first-order chi connectivity index (χ1) is 7.99. The average molecular weight is 291 g/mol. The van der Waals surface area contributed by atoms with Gasteiger partial charge in [0.2, 0.25) is 0 Å². The fraction of sp³-hybridized carbons (Fsp3) is 0.167. The van der Waals surface area contributed by atoms with E-state index in [1.165, 1.54) is 23.5 Å². The molecule has 17 heavy (non-hydrogen) atoms. The lowest BCUT2D eigenvalue weighted by atomic mass is 10.1. The summed E-state index contributed by atoms with van der Waals surface area (Å²) >= 11 is 12.8. The summed E-state index contributed by atoms with van der Waals surface area (Å²) in [6.07, 6.45) is -0.877. The molecular weight excluding hydrogens is 282 g/mol. The van der Waals surface area contributed by atoms with Gasteiger partial charge in [-0.05, 0) is 36.2 Å². The van der Waals surface area contributed by atoms with Gasteiger partial charge in [-0.1, -0.05) is 29.3 Å². The highest BCUT2D eigenvalue weighted by atomic mass is 35.5. The zero-order chi connectivity index (χ0) is 12.6. The lowest BCUT2D eigenvalue weighted by Crippen LogP contribution is -1.97. The summed E-state index contributed by atoms with van der Waals surface area (Å²) < 4.78 is 13.9. The number of rotatable bonds is 2. The van der Waals surface area contributed by atoms with E-state index >= 15 is 0 Å². The fourth-order valence-corrected chi connectivity index (χ4v) is 2.81. The van der Waals surface area contributed by atoms with E-state index in [-0.39, 0.29) is 5.02 Å². The van der Waals surface area contributed by atoms with Crippen molar-refractivity contribution in [2.24, 2.45) is 0 Å². The molecule has 0 fully saturated rings.